The molecule has 0 saturated carbocycles. The van der Waals surface area contributed by atoms with Crippen molar-refractivity contribution in [1.29, 1.82) is 0 Å². The molecule has 0 aliphatic heterocycles. The Balaban J connectivity index is 2.56. The highest BCUT2D eigenvalue weighted by Crippen LogP contribution is 2.23. The van der Waals surface area contributed by atoms with E-state index in [4.69, 9.17) is 0 Å². The van der Waals surface area contributed by atoms with Gasteiger partial charge in [-0.05, 0) is 52.9 Å². The van der Waals surface area contributed by atoms with Crippen LogP contribution in [0.4, 0.5) is 5.69 Å². The lowest BCUT2D eigenvalue weighted by Gasteiger charge is -2.09. The number of anilines is 1. The molecular weight excluding hydrogens is 266 g/mol. The number of carbonyl (C=O) groups is 1. The fraction of sp³-hybridized carbons (Fsp3) is 0.462. The Morgan fingerprint density at radius 2 is 2.12 bits per heavy atom. The number of hydrogen-bond acceptors (Lipinski definition) is 1. The van der Waals surface area contributed by atoms with E-state index in [2.05, 4.69) is 35.1 Å². The smallest absolute Gasteiger partial charge is 0.224 e. The number of aryl methyl sites for hydroxylation is 1. The van der Waals surface area contributed by atoms with Crippen LogP contribution in [0.25, 0.3) is 0 Å². The van der Waals surface area contributed by atoms with E-state index >= 15 is 0 Å². The Morgan fingerprint density at radius 1 is 1.44 bits per heavy atom. The molecule has 88 valence electrons. The minimum absolute atomic E-state index is 0.0817. The molecule has 0 aromatic heterocycles. The van der Waals surface area contributed by atoms with Gasteiger partial charge in [-0.25, -0.2) is 0 Å². The summed E-state index contributed by atoms with van der Waals surface area (Å²) in [6.45, 7) is 6.26. The van der Waals surface area contributed by atoms with Gasteiger partial charge in [-0.15, -0.1) is 0 Å². The van der Waals surface area contributed by atoms with Gasteiger partial charge in [0, 0.05) is 10.9 Å². The number of hydrogen-bond donors (Lipinski definition) is 1. The molecule has 2 nitrogen and oxygen atoms in total. The van der Waals surface area contributed by atoms with Crippen LogP contribution in [0.2, 0.25) is 0 Å². The molecule has 0 unspecified atom stereocenters. The zero-order valence-electron chi connectivity index (χ0n) is 10.0. The van der Waals surface area contributed by atoms with Crippen molar-refractivity contribution in [2.45, 2.75) is 33.6 Å². The molecular formula is C13H18BrNO. The number of benzene rings is 1. The molecule has 1 aromatic carbocycles. The maximum absolute atomic E-state index is 11.6. The van der Waals surface area contributed by atoms with E-state index in [1.165, 1.54) is 5.56 Å². The van der Waals surface area contributed by atoms with Crippen LogP contribution in [0.15, 0.2) is 22.7 Å². The first-order chi connectivity index (χ1) is 7.49. The lowest BCUT2D eigenvalue weighted by molar-refractivity contribution is -0.116. The zero-order chi connectivity index (χ0) is 12.1. The molecule has 3 heteroatoms. The molecule has 0 aliphatic rings. The number of halogens is 1. The van der Waals surface area contributed by atoms with E-state index in [9.17, 15) is 4.79 Å². The van der Waals surface area contributed by atoms with Gasteiger partial charge in [0.05, 0.1) is 5.69 Å². The van der Waals surface area contributed by atoms with Crippen LogP contribution >= 0.6 is 15.9 Å². The van der Waals surface area contributed by atoms with E-state index in [1.807, 2.05) is 25.1 Å². The summed E-state index contributed by atoms with van der Waals surface area (Å²) in [4.78, 5) is 11.6. The Hall–Kier alpha value is -0.830. The first kappa shape index (κ1) is 13.2. The van der Waals surface area contributed by atoms with E-state index in [0.29, 0.717) is 12.3 Å². The normalized spacial score (nSPS) is 10.6. The van der Waals surface area contributed by atoms with Crippen molar-refractivity contribution in [1.82, 2.24) is 0 Å². The molecule has 1 aromatic rings. The molecule has 0 bridgehead atoms. The molecule has 1 N–H and O–H groups in total. The lowest BCUT2D eigenvalue weighted by Crippen LogP contribution is -2.12. The van der Waals surface area contributed by atoms with E-state index in [-0.39, 0.29) is 5.91 Å². The summed E-state index contributed by atoms with van der Waals surface area (Å²) in [7, 11) is 0. The van der Waals surface area contributed by atoms with Crippen molar-refractivity contribution in [3.63, 3.8) is 0 Å². The standard InChI is InChI=1S/C13H18BrNO/c1-9(2)4-7-13(16)15-12-6-5-10(3)8-11(12)14/h5-6,8-9H,4,7H2,1-3H3,(H,15,16). The average Bonchev–Trinajstić information content (AvgIpc) is 2.19. The van der Waals surface area contributed by atoms with Crippen LogP contribution in [-0.2, 0) is 4.79 Å². The molecule has 0 spiro atoms. The molecule has 0 fully saturated rings. The largest absolute Gasteiger partial charge is 0.325 e. The van der Waals surface area contributed by atoms with E-state index in [1.54, 1.807) is 0 Å². The summed E-state index contributed by atoms with van der Waals surface area (Å²) in [5, 5.41) is 2.91. The van der Waals surface area contributed by atoms with Gasteiger partial charge in [0.1, 0.15) is 0 Å². The Kier molecular flexibility index (Phi) is 5.00. The van der Waals surface area contributed by atoms with Gasteiger partial charge in [0.15, 0.2) is 0 Å². The average molecular weight is 284 g/mol. The number of carbonyl (C=O) groups excluding carboxylic acids is 1. The van der Waals surface area contributed by atoms with Crippen LogP contribution in [0.3, 0.4) is 0 Å². The van der Waals surface area contributed by atoms with Crippen molar-refractivity contribution in [2.75, 3.05) is 5.32 Å². The van der Waals surface area contributed by atoms with Crippen LogP contribution < -0.4 is 5.32 Å². The van der Waals surface area contributed by atoms with Crippen molar-refractivity contribution < 1.29 is 4.79 Å². The SMILES string of the molecule is Cc1ccc(NC(=O)CCC(C)C)c(Br)c1. The monoisotopic (exact) mass is 283 g/mol. The Labute approximate surface area is 106 Å². The molecule has 0 aliphatic carbocycles. The second kappa shape index (κ2) is 6.04. The quantitative estimate of drug-likeness (QED) is 0.884. The number of amides is 1. The van der Waals surface area contributed by atoms with Gasteiger partial charge < -0.3 is 5.32 Å². The minimum atomic E-state index is 0.0817. The molecule has 1 amide bonds. The maximum Gasteiger partial charge on any atom is 0.224 e. The van der Waals surface area contributed by atoms with Gasteiger partial charge in [-0.1, -0.05) is 19.9 Å². The third-order valence-electron chi connectivity index (χ3n) is 2.35. The third-order valence-corrected chi connectivity index (χ3v) is 3.00. The molecule has 0 atom stereocenters. The fourth-order valence-electron chi connectivity index (χ4n) is 1.35. The van der Waals surface area contributed by atoms with Crippen LogP contribution in [0.5, 0.6) is 0 Å². The van der Waals surface area contributed by atoms with Gasteiger partial charge >= 0.3 is 0 Å². The number of nitrogens with one attached hydrogen (secondary N) is 1. The minimum Gasteiger partial charge on any atom is -0.325 e. The van der Waals surface area contributed by atoms with Gasteiger partial charge in [0.2, 0.25) is 5.91 Å². The first-order valence-corrected chi connectivity index (χ1v) is 6.34. The zero-order valence-corrected chi connectivity index (χ0v) is 11.6. The summed E-state index contributed by atoms with van der Waals surface area (Å²) < 4.78 is 0.936. The van der Waals surface area contributed by atoms with Crippen molar-refractivity contribution in [3.05, 3.63) is 28.2 Å². The summed E-state index contributed by atoms with van der Waals surface area (Å²) in [6, 6.07) is 5.91. The van der Waals surface area contributed by atoms with Gasteiger partial charge in [-0.3, -0.25) is 4.79 Å². The van der Waals surface area contributed by atoms with Gasteiger partial charge in [-0.2, -0.15) is 0 Å². The second-order valence-electron chi connectivity index (χ2n) is 4.46. The number of rotatable bonds is 4. The second-order valence-corrected chi connectivity index (χ2v) is 5.32. The fourth-order valence-corrected chi connectivity index (χ4v) is 1.95. The highest BCUT2D eigenvalue weighted by atomic mass is 79.9. The predicted octanol–water partition coefficient (Wildman–Crippen LogP) is 4.13. The van der Waals surface area contributed by atoms with Crippen molar-refractivity contribution in [3.8, 4) is 0 Å². The third kappa shape index (κ3) is 4.35. The highest BCUT2D eigenvalue weighted by molar-refractivity contribution is 9.10. The Bertz CT molecular complexity index is 374. The molecule has 0 saturated heterocycles. The topological polar surface area (TPSA) is 29.1 Å². The van der Waals surface area contributed by atoms with Crippen LogP contribution in [0.1, 0.15) is 32.3 Å². The van der Waals surface area contributed by atoms with Gasteiger partial charge in [0.25, 0.3) is 0 Å². The molecule has 16 heavy (non-hydrogen) atoms. The lowest BCUT2D eigenvalue weighted by atomic mass is 10.1. The summed E-state index contributed by atoms with van der Waals surface area (Å²) >= 11 is 3.44. The molecule has 1 rings (SSSR count). The van der Waals surface area contributed by atoms with Crippen LogP contribution in [-0.4, -0.2) is 5.91 Å². The summed E-state index contributed by atoms with van der Waals surface area (Å²) in [5.41, 5.74) is 2.02. The van der Waals surface area contributed by atoms with Crippen LogP contribution in [0, 0.1) is 12.8 Å². The van der Waals surface area contributed by atoms with Crippen molar-refractivity contribution in [2.24, 2.45) is 5.92 Å². The predicted molar refractivity (Wildman–Crippen MR) is 71.6 cm³/mol. The molecule has 0 heterocycles. The highest BCUT2D eigenvalue weighted by Gasteiger charge is 2.06. The maximum atomic E-state index is 11.6. The summed E-state index contributed by atoms with van der Waals surface area (Å²) in [5.74, 6) is 0.644. The van der Waals surface area contributed by atoms with E-state index in [0.717, 1.165) is 16.6 Å². The first-order valence-electron chi connectivity index (χ1n) is 5.55. The van der Waals surface area contributed by atoms with Crippen molar-refractivity contribution >= 4 is 27.5 Å². The van der Waals surface area contributed by atoms with E-state index < -0.39 is 0 Å². The molecule has 0 radical (unpaired) electrons. The Morgan fingerprint density at radius 3 is 2.69 bits per heavy atom. The summed E-state index contributed by atoms with van der Waals surface area (Å²) in [6.07, 6.45) is 1.51.